The monoisotopic (exact) mass is 296 g/mol. The molecule has 0 aliphatic rings. The van der Waals surface area contributed by atoms with Crippen LogP contribution < -0.4 is 5.32 Å². The van der Waals surface area contributed by atoms with Crippen LogP contribution in [-0.2, 0) is 0 Å². The normalized spacial score (nSPS) is 12.0. The maximum absolute atomic E-state index is 13.7. The third kappa shape index (κ3) is 2.96. The highest BCUT2D eigenvalue weighted by Crippen LogP contribution is 2.31. The Bertz CT molecular complexity index is 692. The molecule has 0 saturated carbocycles. The third-order valence-electron chi connectivity index (χ3n) is 3.00. The molecule has 0 amide bonds. The number of nitro benzene ring substituents is 1. The molecule has 0 aliphatic heterocycles. The zero-order valence-electron chi connectivity index (χ0n) is 10.9. The number of nitro groups is 1. The molecule has 0 heterocycles. The van der Waals surface area contributed by atoms with Gasteiger partial charge in [-0.05, 0) is 19.1 Å². The van der Waals surface area contributed by atoms with E-state index in [0.717, 1.165) is 18.2 Å². The summed E-state index contributed by atoms with van der Waals surface area (Å²) in [6, 6.07) is 6.11. The summed E-state index contributed by atoms with van der Waals surface area (Å²) in [6.07, 6.45) is 0. The number of benzene rings is 2. The molecule has 0 fully saturated rings. The van der Waals surface area contributed by atoms with Crippen LogP contribution in [-0.4, -0.2) is 4.92 Å². The Labute approximate surface area is 118 Å². The van der Waals surface area contributed by atoms with E-state index in [0.29, 0.717) is 0 Å². The van der Waals surface area contributed by atoms with Crippen molar-refractivity contribution in [1.29, 1.82) is 0 Å². The lowest BCUT2D eigenvalue weighted by Crippen LogP contribution is -2.12. The highest BCUT2D eigenvalue weighted by atomic mass is 19.2. The standard InChI is InChI=1S/C14H11F3N2O2/c1-8(9-4-2-5-10(15)13(9)17)18-14-11(16)6-3-7-12(14)19(20)21/h2-8,18H,1H3. The minimum Gasteiger partial charge on any atom is -0.370 e. The maximum Gasteiger partial charge on any atom is 0.295 e. The maximum atomic E-state index is 13.7. The molecule has 7 heteroatoms. The van der Waals surface area contributed by atoms with E-state index in [1.54, 1.807) is 0 Å². The molecule has 1 unspecified atom stereocenters. The average molecular weight is 296 g/mol. The Morgan fingerprint density at radius 3 is 2.38 bits per heavy atom. The molecular weight excluding hydrogens is 285 g/mol. The predicted molar refractivity (Wildman–Crippen MR) is 71.5 cm³/mol. The van der Waals surface area contributed by atoms with Crippen molar-refractivity contribution in [2.75, 3.05) is 5.32 Å². The van der Waals surface area contributed by atoms with Crippen molar-refractivity contribution >= 4 is 11.4 Å². The van der Waals surface area contributed by atoms with Crippen LogP contribution in [0.4, 0.5) is 24.5 Å². The van der Waals surface area contributed by atoms with Crippen molar-refractivity contribution in [3.63, 3.8) is 0 Å². The topological polar surface area (TPSA) is 55.2 Å². The number of anilines is 1. The number of nitrogens with one attached hydrogen (secondary N) is 1. The number of para-hydroxylation sites is 1. The predicted octanol–water partition coefficient (Wildman–Crippen LogP) is 4.19. The zero-order chi connectivity index (χ0) is 15.6. The lowest BCUT2D eigenvalue weighted by Gasteiger charge is -2.17. The van der Waals surface area contributed by atoms with E-state index in [4.69, 9.17) is 0 Å². The molecule has 0 aliphatic carbocycles. The van der Waals surface area contributed by atoms with Gasteiger partial charge in [0.2, 0.25) is 0 Å². The van der Waals surface area contributed by atoms with E-state index in [9.17, 15) is 23.3 Å². The second-order valence-electron chi connectivity index (χ2n) is 4.40. The lowest BCUT2D eigenvalue weighted by molar-refractivity contribution is -0.384. The van der Waals surface area contributed by atoms with Crippen LogP contribution in [0.1, 0.15) is 18.5 Å². The molecule has 0 bridgehead atoms. The van der Waals surface area contributed by atoms with Crippen LogP contribution in [0.2, 0.25) is 0 Å². The van der Waals surface area contributed by atoms with Gasteiger partial charge in [-0.15, -0.1) is 0 Å². The SMILES string of the molecule is CC(Nc1c(F)cccc1[N+](=O)[O-])c1cccc(F)c1F. The smallest absolute Gasteiger partial charge is 0.295 e. The van der Waals surface area contributed by atoms with E-state index in [-0.39, 0.29) is 11.3 Å². The van der Waals surface area contributed by atoms with Crippen molar-refractivity contribution in [3.8, 4) is 0 Å². The molecule has 0 aromatic heterocycles. The average Bonchev–Trinajstić information content (AvgIpc) is 2.43. The molecule has 2 rings (SSSR count). The first-order valence-electron chi connectivity index (χ1n) is 6.05. The van der Waals surface area contributed by atoms with Crippen molar-refractivity contribution in [2.24, 2.45) is 0 Å². The van der Waals surface area contributed by atoms with Gasteiger partial charge in [-0.25, -0.2) is 13.2 Å². The molecule has 0 spiro atoms. The van der Waals surface area contributed by atoms with Gasteiger partial charge in [0, 0.05) is 11.6 Å². The number of hydrogen-bond acceptors (Lipinski definition) is 3. The van der Waals surface area contributed by atoms with Gasteiger partial charge in [-0.2, -0.15) is 0 Å². The second kappa shape index (κ2) is 5.82. The van der Waals surface area contributed by atoms with E-state index in [1.165, 1.54) is 25.1 Å². The molecule has 2 aromatic rings. The lowest BCUT2D eigenvalue weighted by atomic mass is 10.1. The molecule has 2 aromatic carbocycles. The Morgan fingerprint density at radius 1 is 1.10 bits per heavy atom. The molecule has 21 heavy (non-hydrogen) atoms. The quantitative estimate of drug-likeness (QED) is 0.680. The van der Waals surface area contributed by atoms with E-state index in [2.05, 4.69) is 5.32 Å². The summed E-state index contributed by atoms with van der Waals surface area (Å²) in [6.45, 7) is 1.45. The highest BCUT2D eigenvalue weighted by molar-refractivity contribution is 5.63. The van der Waals surface area contributed by atoms with Gasteiger partial charge < -0.3 is 5.32 Å². The number of hydrogen-bond donors (Lipinski definition) is 1. The third-order valence-corrected chi connectivity index (χ3v) is 3.00. The van der Waals surface area contributed by atoms with Crippen LogP contribution in [0.3, 0.4) is 0 Å². The van der Waals surface area contributed by atoms with Crippen LogP contribution in [0.5, 0.6) is 0 Å². The first kappa shape index (κ1) is 14.8. The summed E-state index contributed by atoms with van der Waals surface area (Å²) in [5.41, 5.74) is -0.884. The Kier molecular flexibility index (Phi) is 4.11. The van der Waals surface area contributed by atoms with Crippen LogP contribution >= 0.6 is 0 Å². The summed E-state index contributed by atoms with van der Waals surface area (Å²) < 4.78 is 40.6. The molecule has 1 N–H and O–H groups in total. The molecule has 0 saturated heterocycles. The largest absolute Gasteiger partial charge is 0.370 e. The minimum atomic E-state index is -1.07. The first-order chi connectivity index (χ1) is 9.91. The summed E-state index contributed by atoms with van der Waals surface area (Å²) in [7, 11) is 0. The van der Waals surface area contributed by atoms with Crippen molar-refractivity contribution in [2.45, 2.75) is 13.0 Å². The minimum absolute atomic E-state index is 0.0486. The summed E-state index contributed by atoms with van der Waals surface area (Å²) in [5.74, 6) is -2.95. The van der Waals surface area contributed by atoms with Crippen molar-refractivity contribution < 1.29 is 18.1 Å². The Balaban J connectivity index is 2.38. The second-order valence-corrected chi connectivity index (χ2v) is 4.40. The fraction of sp³-hybridized carbons (Fsp3) is 0.143. The van der Waals surface area contributed by atoms with Gasteiger partial charge in [-0.1, -0.05) is 18.2 Å². The van der Waals surface area contributed by atoms with Gasteiger partial charge in [0.1, 0.15) is 5.69 Å². The zero-order valence-corrected chi connectivity index (χ0v) is 10.9. The van der Waals surface area contributed by atoms with E-state index >= 15 is 0 Å². The molecular formula is C14H11F3N2O2. The van der Waals surface area contributed by atoms with Crippen molar-refractivity contribution in [1.82, 2.24) is 0 Å². The Morgan fingerprint density at radius 2 is 1.71 bits per heavy atom. The number of rotatable bonds is 4. The highest BCUT2D eigenvalue weighted by Gasteiger charge is 2.21. The van der Waals surface area contributed by atoms with E-state index < -0.39 is 34.1 Å². The van der Waals surface area contributed by atoms with Gasteiger partial charge in [0.05, 0.1) is 11.0 Å². The summed E-state index contributed by atoms with van der Waals surface area (Å²) >= 11 is 0. The molecule has 110 valence electrons. The summed E-state index contributed by atoms with van der Waals surface area (Å²) in [5, 5.41) is 13.4. The van der Waals surface area contributed by atoms with Gasteiger partial charge in [-0.3, -0.25) is 10.1 Å². The van der Waals surface area contributed by atoms with Crippen LogP contribution in [0, 0.1) is 27.6 Å². The fourth-order valence-electron chi connectivity index (χ4n) is 1.96. The molecule has 0 radical (unpaired) electrons. The fourth-order valence-corrected chi connectivity index (χ4v) is 1.96. The van der Waals surface area contributed by atoms with Crippen LogP contribution in [0.25, 0.3) is 0 Å². The van der Waals surface area contributed by atoms with Crippen molar-refractivity contribution in [3.05, 3.63) is 69.5 Å². The first-order valence-corrected chi connectivity index (χ1v) is 6.05. The Hall–Kier alpha value is -2.57. The van der Waals surface area contributed by atoms with E-state index in [1.807, 2.05) is 0 Å². The van der Waals surface area contributed by atoms with Gasteiger partial charge in [0.15, 0.2) is 17.5 Å². The summed E-state index contributed by atoms with van der Waals surface area (Å²) in [4.78, 5) is 10.1. The number of nitrogens with zero attached hydrogens (tertiary/aromatic N) is 1. The van der Waals surface area contributed by atoms with Gasteiger partial charge >= 0.3 is 0 Å². The molecule has 4 nitrogen and oxygen atoms in total. The number of halogens is 3. The van der Waals surface area contributed by atoms with Gasteiger partial charge in [0.25, 0.3) is 5.69 Å². The molecule has 1 atom stereocenters. The van der Waals surface area contributed by atoms with Crippen LogP contribution in [0.15, 0.2) is 36.4 Å².